The van der Waals surface area contributed by atoms with Gasteiger partial charge in [0.1, 0.15) is 0 Å². The quantitative estimate of drug-likeness (QED) is 0.202. The minimum atomic E-state index is -5.01. The molecule has 2 aromatic heterocycles. The third-order valence-corrected chi connectivity index (χ3v) is 7.75. The zero-order valence-corrected chi connectivity index (χ0v) is 22.1. The molecule has 40 heavy (non-hydrogen) atoms. The first-order chi connectivity index (χ1) is 18.8. The minimum absolute atomic E-state index is 0.0321. The Morgan fingerprint density at radius 2 is 1.50 bits per heavy atom. The zero-order valence-electron chi connectivity index (χ0n) is 20.4. The maximum absolute atomic E-state index is 13.6. The molecule has 0 spiro atoms. The highest BCUT2D eigenvalue weighted by atomic mass is 32.1. The smallest absolute Gasteiger partial charge is 0.375 e. The molecule has 3 aromatic carbocycles. The van der Waals surface area contributed by atoms with Crippen LogP contribution in [0, 0.1) is 6.92 Å². The fraction of sp³-hybridized carbons (Fsp3) is 0.148. The number of thiazole rings is 2. The number of nitrogens with zero attached hydrogens (tertiary/aromatic N) is 2. The van der Waals surface area contributed by atoms with Gasteiger partial charge in [-0.1, -0.05) is 58.6 Å². The topological polar surface area (TPSA) is 80.9 Å². The van der Waals surface area contributed by atoms with Gasteiger partial charge in [-0.25, -0.2) is 9.97 Å². The molecule has 5 aromatic rings. The van der Waals surface area contributed by atoms with Crippen molar-refractivity contribution in [3.63, 3.8) is 0 Å². The number of amides is 1. The molecular weight excluding hydrogens is 574 g/mol. The van der Waals surface area contributed by atoms with Crippen LogP contribution in [0.4, 0.5) is 36.6 Å². The van der Waals surface area contributed by atoms with E-state index in [2.05, 4.69) is 15.3 Å². The fourth-order valence-corrected chi connectivity index (χ4v) is 5.80. The summed E-state index contributed by atoms with van der Waals surface area (Å²) in [5, 5.41) is 3.05. The van der Waals surface area contributed by atoms with Gasteiger partial charge in [-0.2, -0.15) is 26.3 Å². The van der Waals surface area contributed by atoms with Gasteiger partial charge >= 0.3 is 12.4 Å². The van der Waals surface area contributed by atoms with Crippen LogP contribution in [0.2, 0.25) is 0 Å². The molecule has 206 valence electrons. The molecule has 0 aliphatic carbocycles. The Morgan fingerprint density at radius 1 is 0.850 bits per heavy atom. The van der Waals surface area contributed by atoms with Crippen LogP contribution < -0.4 is 11.1 Å². The molecule has 2 heterocycles. The summed E-state index contributed by atoms with van der Waals surface area (Å²) in [6, 6.07) is 13.4. The van der Waals surface area contributed by atoms with Gasteiger partial charge in [0.25, 0.3) is 0 Å². The Labute approximate surface area is 231 Å². The third-order valence-electron chi connectivity index (χ3n) is 5.88. The average Bonchev–Trinajstić information content (AvgIpc) is 3.45. The van der Waals surface area contributed by atoms with Crippen LogP contribution in [-0.2, 0) is 23.6 Å². The lowest BCUT2D eigenvalue weighted by Gasteiger charge is -2.14. The van der Waals surface area contributed by atoms with E-state index in [0.717, 1.165) is 21.6 Å². The molecule has 13 heteroatoms. The van der Waals surface area contributed by atoms with E-state index in [4.69, 9.17) is 5.73 Å². The Balaban J connectivity index is 1.54. The number of hydrogen-bond donors (Lipinski definition) is 2. The van der Waals surface area contributed by atoms with Crippen LogP contribution in [0.5, 0.6) is 0 Å². The van der Waals surface area contributed by atoms with Crippen molar-refractivity contribution in [2.75, 3.05) is 11.1 Å². The first-order valence-electron chi connectivity index (χ1n) is 11.6. The fourth-order valence-electron chi connectivity index (χ4n) is 4.01. The maximum Gasteiger partial charge on any atom is 0.416 e. The summed E-state index contributed by atoms with van der Waals surface area (Å²) in [7, 11) is 0. The number of aryl methyl sites for hydroxylation is 1. The number of aromatic nitrogens is 2. The molecule has 1 amide bonds. The van der Waals surface area contributed by atoms with E-state index in [1.54, 1.807) is 42.5 Å². The molecule has 0 unspecified atom stereocenters. The average molecular weight is 593 g/mol. The van der Waals surface area contributed by atoms with Gasteiger partial charge in [-0.05, 0) is 48.4 Å². The molecule has 0 saturated heterocycles. The summed E-state index contributed by atoms with van der Waals surface area (Å²) >= 11 is 2.06. The van der Waals surface area contributed by atoms with Gasteiger partial charge in [0.05, 0.1) is 38.3 Å². The number of anilines is 2. The van der Waals surface area contributed by atoms with Crippen LogP contribution in [0.25, 0.3) is 31.9 Å². The van der Waals surface area contributed by atoms with Gasteiger partial charge in [0, 0.05) is 5.56 Å². The molecule has 5 nitrogen and oxygen atoms in total. The monoisotopic (exact) mass is 592 g/mol. The maximum atomic E-state index is 13.6. The van der Waals surface area contributed by atoms with Crippen molar-refractivity contribution >= 4 is 49.1 Å². The highest BCUT2D eigenvalue weighted by molar-refractivity contribution is 7.22. The molecule has 0 bridgehead atoms. The molecule has 0 aliphatic rings. The van der Waals surface area contributed by atoms with Gasteiger partial charge in [0.15, 0.2) is 10.3 Å². The number of alkyl halides is 6. The first kappa shape index (κ1) is 27.6. The van der Waals surface area contributed by atoms with E-state index < -0.39 is 29.4 Å². The van der Waals surface area contributed by atoms with E-state index in [0.29, 0.717) is 33.9 Å². The van der Waals surface area contributed by atoms with Crippen molar-refractivity contribution in [1.29, 1.82) is 0 Å². The second kappa shape index (κ2) is 10.2. The van der Waals surface area contributed by atoms with Crippen LogP contribution >= 0.6 is 22.7 Å². The molecule has 0 atom stereocenters. The van der Waals surface area contributed by atoms with Gasteiger partial charge in [0.2, 0.25) is 5.91 Å². The summed E-state index contributed by atoms with van der Waals surface area (Å²) in [4.78, 5) is 21.5. The summed E-state index contributed by atoms with van der Waals surface area (Å²) in [6.45, 7) is 1.83. The highest BCUT2D eigenvalue weighted by Crippen LogP contribution is 2.44. The van der Waals surface area contributed by atoms with Gasteiger partial charge < -0.3 is 11.1 Å². The van der Waals surface area contributed by atoms with E-state index in [-0.39, 0.29) is 33.8 Å². The Bertz CT molecular complexity index is 1690. The molecule has 0 saturated carbocycles. The molecular formula is C27H18F6N4OS2. The molecule has 0 aliphatic heterocycles. The Kier molecular flexibility index (Phi) is 7.04. The van der Waals surface area contributed by atoms with Crippen molar-refractivity contribution < 1.29 is 31.1 Å². The van der Waals surface area contributed by atoms with E-state index >= 15 is 0 Å². The van der Waals surface area contributed by atoms with Crippen LogP contribution in [-0.4, -0.2) is 15.9 Å². The molecule has 0 radical (unpaired) electrons. The van der Waals surface area contributed by atoms with Crippen molar-refractivity contribution in [3.05, 3.63) is 82.9 Å². The number of nitrogens with one attached hydrogen (secondary N) is 1. The number of fused-ring (bicyclic) bond motifs is 1. The number of nitrogen functional groups attached to an aromatic ring is 1. The number of hydrogen-bond acceptors (Lipinski definition) is 6. The van der Waals surface area contributed by atoms with Crippen molar-refractivity contribution in [2.24, 2.45) is 0 Å². The largest absolute Gasteiger partial charge is 0.416 e. The van der Waals surface area contributed by atoms with Crippen LogP contribution in [0.3, 0.4) is 0 Å². The third kappa shape index (κ3) is 5.94. The molecule has 5 rings (SSSR count). The minimum Gasteiger partial charge on any atom is -0.375 e. The number of rotatable bonds is 5. The normalized spacial score (nSPS) is 12.2. The SMILES string of the molecule is Cc1ccc(-c2nc(NC(=O)Cc3ccc4nc(N)sc4c3)sc2-c2cc(C(F)(F)F)cc(C(F)(F)F)c2)cc1. The summed E-state index contributed by atoms with van der Waals surface area (Å²) in [5.41, 5.74) is 5.40. The predicted octanol–water partition coefficient (Wildman–Crippen LogP) is 8.20. The van der Waals surface area contributed by atoms with Crippen LogP contribution in [0.1, 0.15) is 22.3 Å². The standard InChI is InChI=1S/C27H18F6N4OS2/c1-13-2-5-15(6-3-13)22-23(16-10-17(26(28,29)30)12-18(11-16)27(31,32)33)40-25(37-22)36-21(38)9-14-4-7-19-20(8-14)39-24(34)35-19/h2-8,10-12H,9H2,1H3,(H2,34,35)(H,36,37,38). The van der Waals surface area contributed by atoms with Crippen molar-refractivity contribution in [3.8, 4) is 21.7 Å². The summed E-state index contributed by atoms with van der Waals surface area (Å²) < 4.78 is 82.1. The lowest BCUT2D eigenvalue weighted by Crippen LogP contribution is -2.14. The summed E-state index contributed by atoms with van der Waals surface area (Å²) in [5.74, 6) is -0.465. The molecule has 3 N–H and O–H groups in total. The first-order valence-corrected chi connectivity index (χ1v) is 13.2. The zero-order chi connectivity index (χ0) is 28.8. The number of nitrogens with two attached hydrogens (primary N) is 1. The van der Waals surface area contributed by atoms with Gasteiger partial charge in [-0.15, -0.1) is 0 Å². The van der Waals surface area contributed by atoms with Crippen molar-refractivity contribution in [1.82, 2.24) is 9.97 Å². The number of carbonyl (C=O) groups is 1. The van der Waals surface area contributed by atoms with Crippen LogP contribution in [0.15, 0.2) is 60.7 Å². The second-order valence-corrected chi connectivity index (χ2v) is 11.0. The Hall–Kier alpha value is -3.97. The lowest BCUT2D eigenvalue weighted by molar-refractivity contribution is -0.143. The Morgan fingerprint density at radius 3 is 2.12 bits per heavy atom. The number of carbonyl (C=O) groups excluding carboxylic acids is 1. The highest BCUT2D eigenvalue weighted by Gasteiger charge is 2.37. The van der Waals surface area contributed by atoms with E-state index in [9.17, 15) is 31.1 Å². The number of halogens is 6. The van der Waals surface area contributed by atoms with Crippen molar-refractivity contribution in [2.45, 2.75) is 25.7 Å². The van der Waals surface area contributed by atoms with E-state index in [1.807, 2.05) is 6.92 Å². The lowest BCUT2D eigenvalue weighted by atomic mass is 10.0. The second-order valence-electron chi connectivity index (χ2n) is 8.94. The van der Waals surface area contributed by atoms with Gasteiger partial charge in [-0.3, -0.25) is 4.79 Å². The number of benzene rings is 3. The predicted molar refractivity (Wildman–Crippen MR) is 144 cm³/mol. The molecule has 0 fully saturated rings. The van der Waals surface area contributed by atoms with E-state index in [1.165, 1.54) is 11.3 Å². The summed E-state index contributed by atoms with van der Waals surface area (Å²) in [6.07, 6.45) is -10.1.